The lowest BCUT2D eigenvalue weighted by Crippen LogP contribution is -2.58. The van der Waals surface area contributed by atoms with Crippen LogP contribution in [-0.4, -0.2) is 69.0 Å². The van der Waals surface area contributed by atoms with Gasteiger partial charge in [0, 0.05) is 24.2 Å². The van der Waals surface area contributed by atoms with Crippen molar-refractivity contribution < 1.29 is 23.9 Å². The Morgan fingerprint density at radius 1 is 0.911 bits per heavy atom. The Morgan fingerprint density at radius 3 is 2.24 bits per heavy atom. The smallest absolute Gasteiger partial charge is 0.362 e. The van der Waals surface area contributed by atoms with E-state index in [4.69, 9.17) is 14.3 Å². The Hall–Kier alpha value is -3.27. The third-order valence-electron chi connectivity index (χ3n) is 10.1. The van der Waals surface area contributed by atoms with E-state index in [0.717, 1.165) is 43.0 Å². The van der Waals surface area contributed by atoms with Crippen molar-refractivity contribution in [1.29, 1.82) is 0 Å². The predicted molar refractivity (Wildman–Crippen MR) is 171 cm³/mol. The molecule has 1 aromatic heterocycles. The zero-order chi connectivity index (χ0) is 31.7. The van der Waals surface area contributed by atoms with Crippen molar-refractivity contribution in [2.24, 2.45) is 17.0 Å². The van der Waals surface area contributed by atoms with E-state index in [0.29, 0.717) is 23.6 Å². The number of hydrogen-bond acceptors (Lipinski definition) is 9. The van der Waals surface area contributed by atoms with Crippen molar-refractivity contribution in [1.82, 2.24) is 14.5 Å². The van der Waals surface area contributed by atoms with Gasteiger partial charge in [-0.2, -0.15) is 0 Å². The van der Waals surface area contributed by atoms with Crippen molar-refractivity contribution in [3.63, 3.8) is 0 Å². The van der Waals surface area contributed by atoms with Crippen molar-refractivity contribution in [2.45, 2.75) is 128 Å². The third-order valence-corrected chi connectivity index (χ3v) is 10.1. The molecule has 2 aliphatic carbocycles. The summed E-state index contributed by atoms with van der Waals surface area (Å²) in [5, 5.41) is 3.95. The van der Waals surface area contributed by atoms with Gasteiger partial charge < -0.3 is 18.9 Å². The standard InChI is InChI=1S/C35H48N4O6/c1-5-43-34(42)32(37-44-21-30(40)45-35(2,3)4)31-33(41)39(29-15-7-6-14-28(29)36-31)27-19-24-12-9-13-25(20-27)38(24)26-17-22-10-8-11-23(16-22)18-26/h6-7,14-15,22-27H,5,8-13,16-21H2,1-4H3/b37-32-/t22?,23?,24-,25+,26?,27+. The van der Waals surface area contributed by atoms with Crippen LogP contribution in [-0.2, 0) is 23.9 Å². The monoisotopic (exact) mass is 620 g/mol. The van der Waals surface area contributed by atoms with Crippen LogP contribution in [0.15, 0.2) is 34.2 Å². The molecule has 2 aromatic rings. The van der Waals surface area contributed by atoms with Gasteiger partial charge in [0.15, 0.2) is 5.69 Å². The molecule has 0 spiro atoms. The van der Waals surface area contributed by atoms with Crippen LogP contribution in [0.5, 0.6) is 0 Å². The number of carbonyl (C=O) groups is 2. The predicted octanol–water partition coefficient (Wildman–Crippen LogP) is 5.55. The van der Waals surface area contributed by atoms with Gasteiger partial charge in [-0.15, -0.1) is 0 Å². The summed E-state index contributed by atoms with van der Waals surface area (Å²) >= 11 is 0. The average Bonchev–Trinajstić information content (AvgIpc) is 2.97. The zero-order valence-corrected chi connectivity index (χ0v) is 27.2. The fourth-order valence-electron chi connectivity index (χ4n) is 8.70. The highest BCUT2D eigenvalue weighted by Crippen LogP contribution is 2.47. The summed E-state index contributed by atoms with van der Waals surface area (Å²) in [7, 11) is 0. The topological polar surface area (TPSA) is 112 Å². The molecule has 0 N–H and O–H groups in total. The van der Waals surface area contributed by atoms with Crippen LogP contribution in [0.3, 0.4) is 0 Å². The first-order valence-corrected chi connectivity index (χ1v) is 17.0. The molecule has 1 aromatic carbocycles. The van der Waals surface area contributed by atoms with Gasteiger partial charge in [-0.3, -0.25) is 9.69 Å². The Morgan fingerprint density at radius 2 is 1.58 bits per heavy atom. The molecule has 45 heavy (non-hydrogen) atoms. The summed E-state index contributed by atoms with van der Waals surface area (Å²) in [5.74, 6) is 0.266. The zero-order valence-electron chi connectivity index (χ0n) is 27.2. The fraction of sp³-hybridized carbons (Fsp3) is 0.686. The molecule has 2 aliphatic heterocycles. The van der Waals surface area contributed by atoms with Crippen molar-refractivity contribution in [3.05, 3.63) is 40.3 Å². The summed E-state index contributed by atoms with van der Waals surface area (Å²) in [6.45, 7) is 6.48. The molecular weight excluding hydrogens is 572 g/mol. The number of benzene rings is 1. The van der Waals surface area contributed by atoms with Crippen LogP contribution in [0.1, 0.15) is 110 Å². The van der Waals surface area contributed by atoms with Crippen LogP contribution in [0.2, 0.25) is 0 Å². The molecule has 6 rings (SSSR count). The molecule has 0 amide bonds. The highest BCUT2D eigenvalue weighted by molar-refractivity contribution is 6.42. The molecule has 10 heteroatoms. The minimum Gasteiger partial charge on any atom is -0.461 e. The number of fused-ring (bicyclic) bond motifs is 5. The molecule has 2 unspecified atom stereocenters. The van der Waals surface area contributed by atoms with Crippen LogP contribution in [0, 0.1) is 11.8 Å². The fourth-order valence-corrected chi connectivity index (χ4v) is 8.70. The lowest BCUT2D eigenvalue weighted by molar-refractivity contribution is -0.160. The minimum absolute atomic E-state index is 0.0371. The summed E-state index contributed by atoms with van der Waals surface area (Å²) in [4.78, 5) is 52.5. The van der Waals surface area contributed by atoms with E-state index < -0.39 is 29.7 Å². The van der Waals surface area contributed by atoms with Crippen LogP contribution in [0.25, 0.3) is 11.0 Å². The van der Waals surface area contributed by atoms with Crippen molar-refractivity contribution in [2.75, 3.05) is 13.2 Å². The number of rotatable bonds is 8. The third kappa shape index (κ3) is 6.95. The molecule has 0 radical (unpaired) electrons. The van der Waals surface area contributed by atoms with E-state index in [1.165, 1.54) is 44.9 Å². The number of esters is 2. The molecule has 4 fully saturated rings. The Balaban J connectivity index is 1.32. The van der Waals surface area contributed by atoms with E-state index >= 15 is 0 Å². The normalized spacial score (nSPS) is 28.8. The van der Waals surface area contributed by atoms with E-state index in [1.54, 1.807) is 27.7 Å². The van der Waals surface area contributed by atoms with E-state index in [-0.39, 0.29) is 24.1 Å². The average molecular weight is 621 g/mol. The van der Waals surface area contributed by atoms with Crippen LogP contribution in [0.4, 0.5) is 0 Å². The van der Waals surface area contributed by atoms with E-state index in [2.05, 4.69) is 15.0 Å². The number of ether oxygens (including phenoxy) is 2. The maximum Gasteiger partial charge on any atom is 0.362 e. The Bertz CT molecular complexity index is 1470. The van der Waals surface area contributed by atoms with Gasteiger partial charge in [0.1, 0.15) is 5.60 Å². The molecule has 10 nitrogen and oxygen atoms in total. The Labute approximate surface area is 265 Å². The van der Waals surface area contributed by atoms with Crippen molar-refractivity contribution >= 4 is 28.7 Å². The molecule has 4 aliphatic rings. The first kappa shape index (κ1) is 31.7. The second-order valence-corrected chi connectivity index (χ2v) is 14.5. The number of para-hydroxylation sites is 2. The molecule has 2 saturated carbocycles. The van der Waals surface area contributed by atoms with Gasteiger partial charge in [0.05, 0.1) is 17.6 Å². The van der Waals surface area contributed by atoms with Crippen LogP contribution >= 0.6 is 0 Å². The lowest BCUT2D eigenvalue weighted by atomic mass is 9.68. The van der Waals surface area contributed by atoms with Gasteiger partial charge >= 0.3 is 11.9 Å². The summed E-state index contributed by atoms with van der Waals surface area (Å²) < 4.78 is 12.4. The Kier molecular flexibility index (Phi) is 9.32. The number of aromatic nitrogens is 2. The molecule has 5 atom stereocenters. The highest BCUT2D eigenvalue weighted by atomic mass is 16.7. The highest BCUT2D eigenvalue weighted by Gasteiger charge is 2.45. The van der Waals surface area contributed by atoms with Gasteiger partial charge in [-0.05, 0) is 96.6 Å². The maximum absolute atomic E-state index is 14.4. The van der Waals surface area contributed by atoms with Gasteiger partial charge in [0.25, 0.3) is 5.56 Å². The SMILES string of the molecule is CCOC(=O)/C(=N\OCC(=O)OC(C)(C)C)c1nc2ccccc2n([C@H]2C[C@H]3CCC[C@@H](C2)N3C2CC3CCCC(C3)C2)c1=O. The van der Waals surface area contributed by atoms with E-state index in [1.807, 2.05) is 28.8 Å². The molecular formula is C35H48N4O6. The quantitative estimate of drug-likeness (QED) is 0.215. The second kappa shape index (κ2) is 13.2. The largest absolute Gasteiger partial charge is 0.461 e. The number of piperidine rings is 2. The lowest BCUT2D eigenvalue weighted by Gasteiger charge is -2.55. The maximum atomic E-state index is 14.4. The number of oxime groups is 1. The molecule has 244 valence electrons. The molecule has 3 heterocycles. The summed E-state index contributed by atoms with van der Waals surface area (Å²) in [5.41, 5.74) is -0.256. The first-order valence-electron chi connectivity index (χ1n) is 17.0. The number of carbonyl (C=O) groups excluding carboxylic acids is 2. The summed E-state index contributed by atoms with van der Waals surface area (Å²) in [6, 6.07) is 9.04. The van der Waals surface area contributed by atoms with E-state index in [9.17, 15) is 14.4 Å². The van der Waals surface area contributed by atoms with Crippen LogP contribution < -0.4 is 5.56 Å². The first-order chi connectivity index (χ1) is 21.6. The molecule has 4 bridgehead atoms. The van der Waals surface area contributed by atoms with Gasteiger partial charge in [-0.1, -0.05) is 43.0 Å². The number of hydrogen-bond donors (Lipinski definition) is 0. The van der Waals surface area contributed by atoms with Gasteiger partial charge in [0.2, 0.25) is 12.3 Å². The summed E-state index contributed by atoms with van der Waals surface area (Å²) in [6.07, 6.45) is 13.5. The second-order valence-electron chi connectivity index (χ2n) is 14.5. The van der Waals surface area contributed by atoms with Gasteiger partial charge in [-0.25, -0.2) is 14.6 Å². The minimum atomic E-state index is -0.831. The molecule has 2 saturated heterocycles. The van der Waals surface area contributed by atoms with Crippen molar-refractivity contribution in [3.8, 4) is 0 Å². The number of nitrogens with zero attached hydrogens (tertiary/aromatic N) is 4.